The summed E-state index contributed by atoms with van der Waals surface area (Å²) in [7, 11) is 0. The van der Waals surface area contributed by atoms with Gasteiger partial charge in [0.2, 0.25) is 11.6 Å². The molecule has 2 aromatic carbocycles. The molecule has 0 saturated heterocycles. The van der Waals surface area contributed by atoms with Crippen LogP contribution in [-0.4, -0.2) is 13.2 Å². The molecule has 0 fully saturated rings. The summed E-state index contributed by atoms with van der Waals surface area (Å²) in [5, 5.41) is 0. The van der Waals surface area contributed by atoms with E-state index in [0.29, 0.717) is 13.2 Å². The average molecular weight is 294 g/mol. The molecule has 0 N–H and O–H groups in total. The maximum absolute atomic E-state index is 14.1. The van der Waals surface area contributed by atoms with Crippen LogP contribution in [0.4, 0.5) is 8.78 Å². The first-order valence-corrected chi connectivity index (χ1v) is 6.67. The molecule has 0 aliphatic carbocycles. The molecular formula is C16H16F2O3. The van der Waals surface area contributed by atoms with Crippen LogP contribution in [0.25, 0.3) is 0 Å². The van der Waals surface area contributed by atoms with Crippen LogP contribution in [0.15, 0.2) is 36.4 Å². The Morgan fingerprint density at radius 2 is 1.10 bits per heavy atom. The van der Waals surface area contributed by atoms with Gasteiger partial charge in [-0.25, -0.2) is 0 Å². The first-order valence-electron chi connectivity index (χ1n) is 6.67. The smallest absolute Gasteiger partial charge is 0.207 e. The third kappa shape index (κ3) is 3.42. The SMILES string of the molecule is CCOc1cccc(Oc2cccc(OCC)c2F)c1F. The summed E-state index contributed by atoms with van der Waals surface area (Å²) in [6, 6.07) is 8.94. The van der Waals surface area contributed by atoms with E-state index in [4.69, 9.17) is 14.2 Å². The monoisotopic (exact) mass is 294 g/mol. The highest BCUT2D eigenvalue weighted by Crippen LogP contribution is 2.34. The predicted octanol–water partition coefficient (Wildman–Crippen LogP) is 4.55. The summed E-state index contributed by atoms with van der Waals surface area (Å²) >= 11 is 0. The van der Waals surface area contributed by atoms with Crippen LogP contribution in [0.3, 0.4) is 0 Å². The molecule has 2 rings (SSSR count). The maximum atomic E-state index is 14.1. The van der Waals surface area contributed by atoms with E-state index in [2.05, 4.69) is 0 Å². The van der Waals surface area contributed by atoms with Crippen LogP contribution in [-0.2, 0) is 0 Å². The van der Waals surface area contributed by atoms with Crippen molar-refractivity contribution in [2.24, 2.45) is 0 Å². The van der Waals surface area contributed by atoms with Crippen LogP contribution in [0.1, 0.15) is 13.8 Å². The Bertz CT molecular complexity index is 561. The minimum atomic E-state index is -0.666. The Balaban J connectivity index is 2.30. The van der Waals surface area contributed by atoms with Gasteiger partial charge < -0.3 is 14.2 Å². The molecule has 0 bridgehead atoms. The number of hydrogen-bond donors (Lipinski definition) is 0. The molecule has 2 aromatic rings. The molecular weight excluding hydrogens is 278 g/mol. The minimum Gasteiger partial charge on any atom is -0.491 e. The van der Waals surface area contributed by atoms with E-state index in [-0.39, 0.29) is 23.0 Å². The first kappa shape index (κ1) is 15.1. The van der Waals surface area contributed by atoms with Crippen molar-refractivity contribution < 1.29 is 23.0 Å². The summed E-state index contributed by atoms with van der Waals surface area (Å²) < 4.78 is 43.8. The van der Waals surface area contributed by atoms with Crippen LogP contribution in [0, 0.1) is 11.6 Å². The van der Waals surface area contributed by atoms with Crippen molar-refractivity contribution in [1.29, 1.82) is 0 Å². The Morgan fingerprint density at radius 1 is 0.714 bits per heavy atom. The molecule has 0 atom stereocenters. The number of hydrogen-bond acceptors (Lipinski definition) is 3. The fraction of sp³-hybridized carbons (Fsp3) is 0.250. The molecule has 0 radical (unpaired) electrons. The Hall–Kier alpha value is -2.30. The van der Waals surface area contributed by atoms with E-state index in [1.165, 1.54) is 24.3 Å². The second-order valence-corrected chi connectivity index (χ2v) is 4.10. The average Bonchev–Trinajstić information content (AvgIpc) is 2.48. The van der Waals surface area contributed by atoms with E-state index < -0.39 is 11.6 Å². The first-order chi connectivity index (χ1) is 10.2. The van der Waals surface area contributed by atoms with Crippen LogP contribution in [0.5, 0.6) is 23.0 Å². The molecule has 0 heterocycles. The second kappa shape index (κ2) is 6.92. The standard InChI is InChI=1S/C16H16F2O3/c1-3-19-11-7-5-9-13(15(11)17)21-14-10-6-8-12(16(14)18)20-4-2/h5-10H,3-4H2,1-2H3. The van der Waals surface area contributed by atoms with Crippen LogP contribution < -0.4 is 14.2 Å². The van der Waals surface area contributed by atoms with E-state index in [1.807, 2.05) is 0 Å². The minimum absolute atomic E-state index is 0.0661. The summed E-state index contributed by atoms with van der Waals surface area (Å²) in [5.41, 5.74) is 0. The van der Waals surface area contributed by atoms with Gasteiger partial charge in [-0.1, -0.05) is 12.1 Å². The topological polar surface area (TPSA) is 27.7 Å². The van der Waals surface area contributed by atoms with Gasteiger partial charge in [-0.2, -0.15) is 8.78 Å². The van der Waals surface area contributed by atoms with E-state index in [0.717, 1.165) is 0 Å². The number of benzene rings is 2. The van der Waals surface area contributed by atoms with Gasteiger partial charge in [0.25, 0.3) is 0 Å². The van der Waals surface area contributed by atoms with Gasteiger partial charge in [0.1, 0.15) is 0 Å². The van der Waals surface area contributed by atoms with Crippen molar-refractivity contribution in [2.75, 3.05) is 13.2 Å². The highest BCUT2D eigenvalue weighted by atomic mass is 19.1. The highest BCUT2D eigenvalue weighted by Gasteiger charge is 2.15. The van der Waals surface area contributed by atoms with E-state index in [9.17, 15) is 8.78 Å². The van der Waals surface area contributed by atoms with Crippen molar-refractivity contribution in [2.45, 2.75) is 13.8 Å². The third-order valence-electron chi connectivity index (χ3n) is 2.68. The molecule has 0 unspecified atom stereocenters. The van der Waals surface area contributed by atoms with Crippen LogP contribution >= 0.6 is 0 Å². The molecule has 21 heavy (non-hydrogen) atoms. The van der Waals surface area contributed by atoms with Crippen molar-refractivity contribution in [3.63, 3.8) is 0 Å². The number of halogens is 2. The Morgan fingerprint density at radius 3 is 1.48 bits per heavy atom. The molecule has 0 aliphatic rings. The molecule has 3 nitrogen and oxygen atoms in total. The summed E-state index contributed by atoms with van der Waals surface area (Å²) in [6.07, 6.45) is 0. The third-order valence-corrected chi connectivity index (χ3v) is 2.68. The lowest BCUT2D eigenvalue weighted by Crippen LogP contribution is -1.99. The van der Waals surface area contributed by atoms with E-state index in [1.54, 1.807) is 26.0 Å². The lowest BCUT2D eigenvalue weighted by atomic mass is 10.3. The normalized spacial score (nSPS) is 10.3. The van der Waals surface area contributed by atoms with Crippen molar-refractivity contribution in [3.05, 3.63) is 48.0 Å². The second-order valence-electron chi connectivity index (χ2n) is 4.10. The largest absolute Gasteiger partial charge is 0.491 e. The Labute approximate surface area is 122 Å². The quantitative estimate of drug-likeness (QED) is 0.782. The van der Waals surface area contributed by atoms with Crippen LogP contribution in [0.2, 0.25) is 0 Å². The molecule has 112 valence electrons. The van der Waals surface area contributed by atoms with Gasteiger partial charge in [-0.05, 0) is 38.1 Å². The van der Waals surface area contributed by atoms with Gasteiger partial charge in [0.15, 0.2) is 23.0 Å². The molecule has 0 aromatic heterocycles. The van der Waals surface area contributed by atoms with Gasteiger partial charge in [-0.3, -0.25) is 0 Å². The summed E-state index contributed by atoms with van der Waals surface area (Å²) in [4.78, 5) is 0. The zero-order valence-electron chi connectivity index (χ0n) is 11.9. The zero-order chi connectivity index (χ0) is 15.2. The fourth-order valence-corrected chi connectivity index (χ4v) is 1.79. The Kier molecular flexibility index (Phi) is 4.98. The molecule has 0 amide bonds. The van der Waals surface area contributed by atoms with Gasteiger partial charge in [0, 0.05) is 0 Å². The van der Waals surface area contributed by atoms with E-state index >= 15 is 0 Å². The van der Waals surface area contributed by atoms with Gasteiger partial charge in [-0.15, -0.1) is 0 Å². The number of rotatable bonds is 6. The number of ether oxygens (including phenoxy) is 3. The van der Waals surface area contributed by atoms with Crippen molar-refractivity contribution in [1.82, 2.24) is 0 Å². The lowest BCUT2D eigenvalue weighted by Gasteiger charge is -2.12. The lowest BCUT2D eigenvalue weighted by molar-refractivity contribution is 0.305. The fourth-order valence-electron chi connectivity index (χ4n) is 1.79. The van der Waals surface area contributed by atoms with Crippen molar-refractivity contribution in [3.8, 4) is 23.0 Å². The molecule has 5 heteroatoms. The maximum Gasteiger partial charge on any atom is 0.207 e. The summed E-state index contributed by atoms with van der Waals surface area (Å²) in [6.45, 7) is 4.15. The predicted molar refractivity (Wildman–Crippen MR) is 75.2 cm³/mol. The highest BCUT2D eigenvalue weighted by molar-refractivity contribution is 5.42. The van der Waals surface area contributed by atoms with Gasteiger partial charge >= 0.3 is 0 Å². The molecule has 0 saturated carbocycles. The zero-order valence-corrected chi connectivity index (χ0v) is 11.9. The molecule has 0 spiro atoms. The van der Waals surface area contributed by atoms with Crippen molar-refractivity contribution >= 4 is 0 Å². The van der Waals surface area contributed by atoms with Gasteiger partial charge in [0.05, 0.1) is 13.2 Å². The summed E-state index contributed by atoms with van der Waals surface area (Å²) in [5.74, 6) is -1.41. The molecule has 0 aliphatic heterocycles.